The molecule has 0 saturated carbocycles. The number of pyridine rings is 1. The molecule has 0 aliphatic carbocycles. The number of benzene rings is 3. The van der Waals surface area contributed by atoms with Crippen molar-refractivity contribution in [3.63, 3.8) is 0 Å². The molecule has 14 heteroatoms. The lowest BCUT2D eigenvalue weighted by Gasteiger charge is -2.27. The predicted octanol–water partition coefficient (Wildman–Crippen LogP) is 8.49. The lowest BCUT2D eigenvalue weighted by atomic mass is 9.93. The average molecular weight is 626 g/mol. The molecule has 44 heavy (non-hydrogen) atoms. The standard InChI is InChI=1S/C30H24F9N5/c1-40-27(42-43(2)3)44(16-18-11-22(29(34,35)36)14-23(12-18)30(37,38)39)17-20-13-21(28(31,32)33)7-8-24(20)26-6-4-5-19-15-41-10-9-25(19)26/h4-15H,1,16-17H2,2-3H3/b42-27+. The fourth-order valence-corrected chi connectivity index (χ4v) is 4.63. The van der Waals surface area contributed by atoms with Crippen LogP contribution in [0.4, 0.5) is 39.5 Å². The quantitative estimate of drug-likeness (QED) is 0.0935. The highest BCUT2D eigenvalue weighted by Gasteiger charge is 2.37. The highest BCUT2D eigenvalue weighted by molar-refractivity contribution is 5.97. The smallest absolute Gasteiger partial charge is 0.331 e. The third kappa shape index (κ3) is 7.47. The maximum atomic E-state index is 13.9. The molecule has 4 aromatic rings. The summed E-state index contributed by atoms with van der Waals surface area (Å²) in [6.07, 6.45) is -11.9. The van der Waals surface area contributed by atoms with Crippen molar-refractivity contribution in [3.8, 4) is 11.1 Å². The van der Waals surface area contributed by atoms with E-state index in [0.717, 1.165) is 17.0 Å². The summed E-state index contributed by atoms with van der Waals surface area (Å²) in [6, 6.07) is 10.9. The van der Waals surface area contributed by atoms with Crippen molar-refractivity contribution in [1.29, 1.82) is 0 Å². The molecule has 4 rings (SSSR count). The minimum Gasteiger partial charge on any atom is -0.331 e. The van der Waals surface area contributed by atoms with Gasteiger partial charge in [-0.15, -0.1) is 5.10 Å². The second-order valence-corrected chi connectivity index (χ2v) is 9.95. The van der Waals surface area contributed by atoms with E-state index in [9.17, 15) is 39.5 Å². The van der Waals surface area contributed by atoms with E-state index in [1.807, 2.05) is 0 Å². The molecule has 5 nitrogen and oxygen atoms in total. The van der Waals surface area contributed by atoms with Gasteiger partial charge in [-0.2, -0.15) is 39.5 Å². The van der Waals surface area contributed by atoms with Gasteiger partial charge in [0, 0.05) is 45.0 Å². The summed E-state index contributed by atoms with van der Waals surface area (Å²) < 4.78 is 123. The number of fused-ring (bicyclic) bond motifs is 1. The van der Waals surface area contributed by atoms with Crippen LogP contribution in [-0.4, -0.2) is 41.7 Å². The van der Waals surface area contributed by atoms with Crippen molar-refractivity contribution in [3.05, 3.63) is 101 Å². The van der Waals surface area contributed by atoms with Gasteiger partial charge < -0.3 is 4.90 Å². The van der Waals surface area contributed by atoms with Crippen molar-refractivity contribution in [2.24, 2.45) is 10.1 Å². The van der Waals surface area contributed by atoms with Gasteiger partial charge in [-0.05, 0) is 70.8 Å². The van der Waals surface area contributed by atoms with E-state index < -0.39 is 53.9 Å². The third-order valence-corrected chi connectivity index (χ3v) is 6.50. The largest absolute Gasteiger partial charge is 0.416 e. The first-order chi connectivity index (χ1) is 20.5. The number of aromatic nitrogens is 1. The first kappa shape index (κ1) is 32.3. The Morgan fingerprint density at radius 1 is 0.750 bits per heavy atom. The summed E-state index contributed by atoms with van der Waals surface area (Å²) in [7, 11) is 2.96. The SMILES string of the molecule is C=N/C(=N\N(C)C)N(Cc1cc(C(F)(F)F)cc(C(F)(F)F)c1)Cc1cc(C(F)(F)F)ccc1-c1cccc2cnccc12. The molecule has 0 atom stereocenters. The average Bonchev–Trinajstić information content (AvgIpc) is 2.93. The number of halogens is 9. The van der Waals surface area contributed by atoms with Crippen LogP contribution < -0.4 is 0 Å². The normalized spacial score (nSPS) is 12.8. The maximum Gasteiger partial charge on any atom is 0.416 e. The van der Waals surface area contributed by atoms with Crippen molar-refractivity contribution < 1.29 is 39.5 Å². The first-order valence-corrected chi connectivity index (χ1v) is 12.8. The molecule has 0 amide bonds. The molecule has 0 unspecified atom stereocenters. The van der Waals surface area contributed by atoms with Crippen LogP contribution in [0.5, 0.6) is 0 Å². The Hall–Kier alpha value is -4.62. The fraction of sp³-hybridized carbons (Fsp3) is 0.233. The van der Waals surface area contributed by atoms with Gasteiger partial charge in [0.1, 0.15) is 0 Å². The van der Waals surface area contributed by atoms with Gasteiger partial charge in [-0.3, -0.25) is 9.99 Å². The minimum atomic E-state index is -5.10. The summed E-state index contributed by atoms with van der Waals surface area (Å²) >= 11 is 0. The van der Waals surface area contributed by atoms with E-state index in [1.54, 1.807) is 30.5 Å². The third-order valence-electron chi connectivity index (χ3n) is 6.50. The Labute approximate surface area is 246 Å². The van der Waals surface area contributed by atoms with Crippen LogP contribution in [0.3, 0.4) is 0 Å². The number of rotatable bonds is 6. The van der Waals surface area contributed by atoms with Gasteiger partial charge in [-0.1, -0.05) is 24.3 Å². The Morgan fingerprint density at radius 3 is 1.95 bits per heavy atom. The zero-order chi connectivity index (χ0) is 32.4. The number of hydrogen-bond acceptors (Lipinski definition) is 3. The van der Waals surface area contributed by atoms with Crippen LogP contribution in [0.15, 0.2) is 83.2 Å². The molecule has 0 bridgehead atoms. The van der Waals surface area contributed by atoms with Gasteiger partial charge >= 0.3 is 18.5 Å². The van der Waals surface area contributed by atoms with Crippen molar-refractivity contribution >= 4 is 23.4 Å². The summed E-state index contributed by atoms with van der Waals surface area (Å²) in [4.78, 5) is 9.02. The van der Waals surface area contributed by atoms with E-state index in [1.165, 1.54) is 31.4 Å². The zero-order valence-electron chi connectivity index (χ0n) is 23.2. The zero-order valence-corrected chi connectivity index (χ0v) is 23.2. The highest BCUT2D eigenvalue weighted by Crippen LogP contribution is 2.39. The predicted molar refractivity (Wildman–Crippen MR) is 149 cm³/mol. The van der Waals surface area contributed by atoms with Gasteiger partial charge in [0.15, 0.2) is 0 Å². The number of alkyl halides is 9. The molecule has 0 spiro atoms. The van der Waals surface area contributed by atoms with Crippen LogP contribution >= 0.6 is 0 Å². The highest BCUT2D eigenvalue weighted by atomic mass is 19.4. The van der Waals surface area contributed by atoms with E-state index in [4.69, 9.17) is 0 Å². The van der Waals surface area contributed by atoms with Gasteiger partial charge in [0.25, 0.3) is 0 Å². The van der Waals surface area contributed by atoms with Crippen LogP contribution in [0.2, 0.25) is 0 Å². The van der Waals surface area contributed by atoms with E-state index in [2.05, 4.69) is 21.8 Å². The molecule has 1 aromatic heterocycles. The van der Waals surface area contributed by atoms with E-state index >= 15 is 0 Å². The summed E-state index contributed by atoms with van der Waals surface area (Å²) in [5.41, 5.74) is -3.57. The number of hydrogen-bond donors (Lipinski definition) is 0. The van der Waals surface area contributed by atoms with Crippen LogP contribution in [0.25, 0.3) is 21.9 Å². The number of aliphatic imine (C=N–C) groups is 1. The van der Waals surface area contributed by atoms with Gasteiger partial charge in [-0.25, -0.2) is 4.99 Å². The molecule has 0 saturated heterocycles. The molecule has 232 valence electrons. The van der Waals surface area contributed by atoms with Crippen molar-refractivity contribution in [2.75, 3.05) is 14.1 Å². The van der Waals surface area contributed by atoms with Gasteiger partial charge in [0.2, 0.25) is 5.96 Å². The Balaban J connectivity index is 1.92. The molecule has 0 aliphatic rings. The second-order valence-electron chi connectivity index (χ2n) is 9.95. The van der Waals surface area contributed by atoms with Crippen molar-refractivity contribution in [1.82, 2.24) is 14.9 Å². The van der Waals surface area contributed by atoms with Gasteiger partial charge in [0.05, 0.1) is 16.7 Å². The molecule has 3 aromatic carbocycles. The van der Waals surface area contributed by atoms with Crippen molar-refractivity contribution in [2.45, 2.75) is 31.6 Å². The molecule has 0 fully saturated rings. The van der Waals surface area contributed by atoms with Crippen LogP contribution in [0.1, 0.15) is 27.8 Å². The Bertz CT molecular complexity index is 1650. The first-order valence-electron chi connectivity index (χ1n) is 12.8. The molecular weight excluding hydrogens is 601 g/mol. The summed E-state index contributed by atoms with van der Waals surface area (Å²) in [5, 5.41) is 6.74. The summed E-state index contributed by atoms with van der Waals surface area (Å²) in [5.74, 6) is -0.244. The fourth-order valence-electron chi connectivity index (χ4n) is 4.63. The molecule has 0 N–H and O–H groups in total. The Morgan fingerprint density at radius 2 is 1.39 bits per heavy atom. The topological polar surface area (TPSA) is 44.1 Å². The molecule has 0 radical (unpaired) electrons. The number of nitrogens with zero attached hydrogens (tertiary/aromatic N) is 5. The lowest BCUT2D eigenvalue weighted by molar-refractivity contribution is -0.143. The monoisotopic (exact) mass is 625 g/mol. The number of hydrazone groups is 1. The number of guanidine groups is 1. The summed E-state index contributed by atoms with van der Waals surface area (Å²) in [6.45, 7) is 2.34. The lowest BCUT2D eigenvalue weighted by Crippen LogP contribution is -2.31. The molecular formula is C30H24F9N5. The second kappa shape index (κ2) is 12.2. The van der Waals surface area contributed by atoms with E-state index in [-0.39, 0.29) is 17.6 Å². The molecule has 1 heterocycles. The maximum absolute atomic E-state index is 13.9. The van der Waals surface area contributed by atoms with Crippen LogP contribution in [-0.2, 0) is 31.6 Å². The minimum absolute atomic E-state index is 0.00527. The molecule has 0 aliphatic heterocycles. The van der Waals surface area contributed by atoms with Crippen LogP contribution in [0, 0.1) is 0 Å². The Kier molecular flexibility index (Phi) is 8.93. The van der Waals surface area contributed by atoms with E-state index in [0.29, 0.717) is 34.0 Å².